The van der Waals surface area contributed by atoms with Crippen LogP contribution in [0.25, 0.3) is 10.6 Å². The summed E-state index contributed by atoms with van der Waals surface area (Å²) in [4.78, 5) is 30.5. The van der Waals surface area contributed by atoms with Crippen LogP contribution in [0.1, 0.15) is 10.5 Å². The standard InChI is InChI=1S/C20H17Cl2N3O3S/c1-25(10-18(26)23-13-5-8-15(21)16(22)9-13)20(27)17-11-29-19(24-17)12-3-6-14(28-2)7-4-12/h3-9,11H,10H2,1-2H3,(H,23,26). The molecule has 0 aliphatic rings. The lowest BCUT2D eigenvalue weighted by Gasteiger charge is -2.15. The van der Waals surface area contributed by atoms with Crippen LogP contribution in [-0.4, -0.2) is 42.4 Å². The molecule has 6 nitrogen and oxygen atoms in total. The van der Waals surface area contributed by atoms with Crippen LogP contribution >= 0.6 is 34.5 Å². The summed E-state index contributed by atoms with van der Waals surface area (Å²) in [5, 5.41) is 5.80. The number of thiazole rings is 1. The minimum absolute atomic E-state index is 0.130. The van der Waals surface area contributed by atoms with Crippen molar-refractivity contribution in [3.63, 3.8) is 0 Å². The number of carbonyl (C=O) groups is 2. The smallest absolute Gasteiger partial charge is 0.273 e. The predicted molar refractivity (Wildman–Crippen MR) is 116 cm³/mol. The molecule has 0 saturated carbocycles. The number of amides is 2. The Labute approximate surface area is 182 Å². The molecule has 9 heteroatoms. The maximum atomic E-state index is 12.6. The van der Waals surface area contributed by atoms with Gasteiger partial charge in [0, 0.05) is 23.7 Å². The zero-order valence-corrected chi connectivity index (χ0v) is 17.9. The number of rotatable bonds is 6. The Morgan fingerprint density at radius 3 is 2.52 bits per heavy atom. The number of aromatic nitrogens is 1. The first-order chi connectivity index (χ1) is 13.9. The van der Waals surface area contributed by atoms with Gasteiger partial charge < -0.3 is 15.0 Å². The number of ether oxygens (including phenoxy) is 1. The van der Waals surface area contributed by atoms with Gasteiger partial charge in [-0.15, -0.1) is 11.3 Å². The highest BCUT2D eigenvalue weighted by atomic mass is 35.5. The molecule has 0 aliphatic carbocycles. The van der Waals surface area contributed by atoms with Crippen molar-refractivity contribution < 1.29 is 14.3 Å². The van der Waals surface area contributed by atoms with Crippen molar-refractivity contribution in [2.45, 2.75) is 0 Å². The molecular weight excluding hydrogens is 433 g/mol. The van der Waals surface area contributed by atoms with Crippen molar-refractivity contribution >= 4 is 52.0 Å². The van der Waals surface area contributed by atoms with Crippen LogP contribution in [0.3, 0.4) is 0 Å². The average molecular weight is 450 g/mol. The van der Waals surface area contributed by atoms with Crippen LogP contribution in [-0.2, 0) is 4.79 Å². The van der Waals surface area contributed by atoms with Crippen LogP contribution < -0.4 is 10.1 Å². The lowest BCUT2D eigenvalue weighted by Crippen LogP contribution is -2.35. The number of halogens is 2. The first-order valence-corrected chi connectivity index (χ1v) is 10.1. The van der Waals surface area contributed by atoms with Gasteiger partial charge in [0.05, 0.1) is 23.7 Å². The summed E-state index contributed by atoms with van der Waals surface area (Å²) in [6, 6.07) is 12.2. The Morgan fingerprint density at radius 2 is 1.86 bits per heavy atom. The van der Waals surface area contributed by atoms with E-state index in [-0.39, 0.29) is 24.1 Å². The highest BCUT2D eigenvalue weighted by molar-refractivity contribution is 7.13. The minimum Gasteiger partial charge on any atom is -0.497 e. The van der Waals surface area contributed by atoms with Gasteiger partial charge in [-0.3, -0.25) is 9.59 Å². The van der Waals surface area contributed by atoms with Gasteiger partial charge in [-0.1, -0.05) is 23.2 Å². The van der Waals surface area contributed by atoms with Crippen LogP contribution in [0.2, 0.25) is 10.0 Å². The van der Waals surface area contributed by atoms with Gasteiger partial charge in [-0.2, -0.15) is 0 Å². The number of methoxy groups -OCH3 is 1. The molecule has 1 aromatic heterocycles. The molecule has 0 fully saturated rings. The summed E-state index contributed by atoms with van der Waals surface area (Å²) in [6.45, 7) is -0.130. The lowest BCUT2D eigenvalue weighted by molar-refractivity contribution is -0.116. The van der Waals surface area contributed by atoms with E-state index in [0.717, 1.165) is 11.3 Å². The summed E-state index contributed by atoms with van der Waals surface area (Å²) in [7, 11) is 3.14. The molecule has 0 saturated heterocycles. The predicted octanol–water partition coefficient (Wildman–Crippen LogP) is 4.84. The lowest BCUT2D eigenvalue weighted by atomic mass is 10.2. The Hall–Kier alpha value is -2.61. The minimum atomic E-state index is -0.357. The number of nitrogens with zero attached hydrogens (tertiary/aromatic N) is 2. The maximum absolute atomic E-state index is 12.6. The number of nitrogens with one attached hydrogen (secondary N) is 1. The fourth-order valence-corrected chi connectivity index (χ4v) is 3.59. The van der Waals surface area contributed by atoms with Crippen molar-refractivity contribution in [2.24, 2.45) is 0 Å². The molecule has 3 rings (SSSR count). The van der Waals surface area contributed by atoms with E-state index < -0.39 is 0 Å². The highest BCUT2D eigenvalue weighted by Gasteiger charge is 2.18. The van der Waals surface area contributed by atoms with Gasteiger partial charge in [0.25, 0.3) is 5.91 Å². The monoisotopic (exact) mass is 449 g/mol. The molecule has 2 aromatic carbocycles. The molecule has 2 amide bonds. The van der Waals surface area contributed by atoms with Crippen LogP contribution in [0, 0.1) is 0 Å². The Morgan fingerprint density at radius 1 is 1.14 bits per heavy atom. The third-order valence-electron chi connectivity index (χ3n) is 3.99. The van der Waals surface area contributed by atoms with E-state index in [4.69, 9.17) is 27.9 Å². The summed E-state index contributed by atoms with van der Waals surface area (Å²) in [5.74, 6) is 0.0458. The number of anilines is 1. The van der Waals surface area contributed by atoms with E-state index in [1.54, 1.807) is 37.7 Å². The van der Waals surface area contributed by atoms with Gasteiger partial charge in [0.1, 0.15) is 16.5 Å². The zero-order valence-electron chi connectivity index (χ0n) is 15.6. The molecule has 29 heavy (non-hydrogen) atoms. The summed E-state index contributed by atoms with van der Waals surface area (Å²) in [6.07, 6.45) is 0. The first-order valence-electron chi connectivity index (χ1n) is 8.47. The molecule has 1 heterocycles. The van der Waals surface area contributed by atoms with E-state index in [2.05, 4.69) is 10.3 Å². The molecule has 3 aromatic rings. The molecule has 1 N–H and O–H groups in total. The summed E-state index contributed by atoms with van der Waals surface area (Å²) in [5.41, 5.74) is 1.67. The first kappa shape index (κ1) is 21.1. The number of benzene rings is 2. The van der Waals surface area contributed by atoms with Crippen molar-refractivity contribution in [3.05, 3.63) is 63.6 Å². The Bertz CT molecular complexity index is 1040. The molecule has 0 aliphatic heterocycles. The summed E-state index contributed by atoms with van der Waals surface area (Å²) < 4.78 is 5.14. The number of carbonyl (C=O) groups excluding carboxylic acids is 2. The normalized spacial score (nSPS) is 10.5. The van der Waals surface area contributed by atoms with E-state index >= 15 is 0 Å². The number of hydrogen-bond acceptors (Lipinski definition) is 5. The van der Waals surface area contributed by atoms with Crippen molar-refractivity contribution in [2.75, 3.05) is 26.0 Å². The number of hydrogen-bond donors (Lipinski definition) is 1. The molecular formula is C20H17Cl2N3O3S. The van der Waals surface area contributed by atoms with E-state index in [1.165, 1.54) is 16.2 Å². The fourth-order valence-electron chi connectivity index (χ4n) is 2.50. The highest BCUT2D eigenvalue weighted by Crippen LogP contribution is 2.26. The Balaban J connectivity index is 1.62. The molecule has 150 valence electrons. The second kappa shape index (κ2) is 9.26. The number of likely N-dealkylation sites (N-methyl/N-ethyl adjacent to an activating group) is 1. The molecule has 0 unspecified atom stereocenters. The third kappa shape index (κ3) is 5.26. The quantitative estimate of drug-likeness (QED) is 0.584. The van der Waals surface area contributed by atoms with Gasteiger partial charge in [0.2, 0.25) is 5.91 Å². The molecule has 0 atom stereocenters. The van der Waals surface area contributed by atoms with E-state index in [0.29, 0.717) is 20.7 Å². The largest absolute Gasteiger partial charge is 0.497 e. The molecule has 0 bridgehead atoms. The van der Waals surface area contributed by atoms with Crippen molar-refractivity contribution in [1.29, 1.82) is 0 Å². The Kier molecular flexibility index (Phi) is 6.74. The molecule has 0 radical (unpaired) electrons. The maximum Gasteiger partial charge on any atom is 0.273 e. The topological polar surface area (TPSA) is 71.5 Å². The van der Waals surface area contributed by atoms with Gasteiger partial charge in [-0.25, -0.2) is 4.98 Å². The van der Waals surface area contributed by atoms with Crippen molar-refractivity contribution in [1.82, 2.24) is 9.88 Å². The average Bonchev–Trinajstić information content (AvgIpc) is 3.20. The van der Waals surface area contributed by atoms with Crippen LogP contribution in [0.5, 0.6) is 5.75 Å². The fraction of sp³-hybridized carbons (Fsp3) is 0.150. The van der Waals surface area contributed by atoms with Gasteiger partial charge in [-0.05, 0) is 42.5 Å². The van der Waals surface area contributed by atoms with Gasteiger partial charge in [0.15, 0.2) is 0 Å². The zero-order chi connectivity index (χ0) is 21.0. The third-order valence-corrected chi connectivity index (χ3v) is 5.62. The van der Waals surface area contributed by atoms with E-state index in [9.17, 15) is 9.59 Å². The van der Waals surface area contributed by atoms with Gasteiger partial charge >= 0.3 is 0 Å². The SMILES string of the molecule is COc1ccc(-c2nc(C(=O)N(C)CC(=O)Nc3ccc(Cl)c(Cl)c3)cs2)cc1. The summed E-state index contributed by atoms with van der Waals surface area (Å²) >= 11 is 13.2. The van der Waals surface area contributed by atoms with E-state index in [1.807, 2.05) is 24.3 Å². The molecule has 0 spiro atoms. The van der Waals surface area contributed by atoms with Crippen LogP contribution in [0.4, 0.5) is 5.69 Å². The second-order valence-corrected chi connectivity index (χ2v) is 7.78. The second-order valence-electron chi connectivity index (χ2n) is 6.10. The van der Waals surface area contributed by atoms with Crippen molar-refractivity contribution in [3.8, 4) is 16.3 Å². The van der Waals surface area contributed by atoms with Crippen LogP contribution in [0.15, 0.2) is 47.8 Å².